The number of thioether (sulfide) groups is 1. The van der Waals surface area contributed by atoms with Crippen LogP contribution in [-0.4, -0.2) is 46.9 Å². The zero-order valence-corrected chi connectivity index (χ0v) is 16.1. The van der Waals surface area contributed by atoms with Crippen LogP contribution in [-0.2, 0) is 24.3 Å². The number of rotatable bonds is 3. The van der Waals surface area contributed by atoms with E-state index < -0.39 is 0 Å². The molecule has 0 N–H and O–H groups in total. The predicted molar refractivity (Wildman–Crippen MR) is 101 cm³/mol. The van der Waals surface area contributed by atoms with E-state index in [1.165, 1.54) is 29.6 Å². The van der Waals surface area contributed by atoms with Crippen LogP contribution in [0.15, 0.2) is 34.3 Å². The number of amides is 1. The third kappa shape index (κ3) is 3.29. The number of aromatic nitrogens is 2. The third-order valence-electron chi connectivity index (χ3n) is 5.09. The minimum Gasteiger partial charge on any atom is -0.493 e. The molecule has 0 aliphatic carbocycles. The van der Waals surface area contributed by atoms with Crippen molar-refractivity contribution in [2.24, 2.45) is 5.92 Å². The predicted octanol–water partition coefficient (Wildman–Crippen LogP) is 1.57. The Labute approximate surface area is 161 Å². The summed E-state index contributed by atoms with van der Waals surface area (Å²) in [6.07, 6.45) is 2.30. The topological polar surface area (TPSA) is 73.7 Å². The monoisotopic (exact) mass is 387 g/mol. The van der Waals surface area contributed by atoms with Crippen molar-refractivity contribution >= 4 is 17.7 Å². The van der Waals surface area contributed by atoms with Gasteiger partial charge in [-0.2, -0.15) is 0 Å². The van der Waals surface area contributed by atoms with Gasteiger partial charge in [0.15, 0.2) is 16.7 Å². The van der Waals surface area contributed by atoms with Crippen LogP contribution in [0.5, 0.6) is 11.5 Å². The lowest BCUT2D eigenvalue weighted by Gasteiger charge is -2.33. The second-order valence-corrected chi connectivity index (χ2v) is 7.66. The molecule has 0 saturated carbocycles. The Hall–Kier alpha value is -2.48. The van der Waals surface area contributed by atoms with Crippen LogP contribution < -0.4 is 15.0 Å². The van der Waals surface area contributed by atoms with E-state index in [4.69, 9.17) is 9.47 Å². The molecule has 2 aliphatic heterocycles. The molecule has 27 heavy (non-hydrogen) atoms. The van der Waals surface area contributed by atoms with E-state index in [1.807, 2.05) is 17.0 Å². The maximum absolute atomic E-state index is 13.1. The van der Waals surface area contributed by atoms with E-state index in [2.05, 4.69) is 4.98 Å². The van der Waals surface area contributed by atoms with E-state index in [-0.39, 0.29) is 17.4 Å². The van der Waals surface area contributed by atoms with Crippen LogP contribution in [0.3, 0.4) is 0 Å². The fraction of sp³-hybridized carbons (Fsp3) is 0.421. The largest absolute Gasteiger partial charge is 0.493 e. The molecule has 142 valence electrons. The van der Waals surface area contributed by atoms with Gasteiger partial charge in [-0.25, -0.2) is 4.98 Å². The lowest BCUT2D eigenvalue weighted by atomic mass is 9.97. The van der Waals surface area contributed by atoms with Gasteiger partial charge in [0.25, 0.3) is 5.56 Å². The van der Waals surface area contributed by atoms with Gasteiger partial charge in [-0.15, -0.1) is 0 Å². The smallest absolute Gasteiger partial charge is 0.254 e. The molecule has 4 rings (SSSR count). The van der Waals surface area contributed by atoms with Crippen LogP contribution >= 0.6 is 11.8 Å². The summed E-state index contributed by atoms with van der Waals surface area (Å²) in [5, 5.41) is 0.687. The van der Waals surface area contributed by atoms with Crippen LogP contribution in [0.1, 0.15) is 11.1 Å². The average molecular weight is 387 g/mol. The Morgan fingerprint density at radius 3 is 2.70 bits per heavy atom. The summed E-state index contributed by atoms with van der Waals surface area (Å²) >= 11 is 1.47. The van der Waals surface area contributed by atoms with Crippen LogP contribution in [0, 0.1) is 5.92 Å². The molecule has 0 bridgehead atoms. The Balaban J connectivity index is 1.53. The van der Waals surface area contributed by atoms with Gasteiger partial charge in [-0.05, 0) is 29.7 Å². The molecule has 8 heteroatoms. The maximum Gasteiger partial charge on any atom is 0.254 e. The number of carbonyl (C=O) groups excluding carboxylic acids is 1. The molecule has 1 aromatic carbocycles. The molecule has 0 radical (unpaired) electrons. The zero-order chi connectivity index (χ0) is 19.0. The standard InChI is InChI=1S/C19H21N3O4S/c1-25-15-7-12-4-6-21(9-13(12)8-16(15)26-2)18(24)14-10-22-17(23)3-5-20-19(22)27-11-14/h3,5,7-8,14H,4,6,9-11H2,1-2H3. The van der Waals surface area contributed by atoms with Crippen molar-refractivity contribution < 1.29 is 14.3 Å². The lowest BCUT2D eigenvalue weighted by molar-refractivity contribution is -0.136. The molecule has 0 saturated heterocycles. The molecule has 1 unspecified atom stereocenters. The van der Waals surface area contributed by atoms with Crippen LogP contribution in [0.2, 0.25) is 0 Å². The number of hydrogen-bond acceptors (Lipinski definition) is 6. The SMILES string of the molecule is COc1cc2c(cc1OC)CN(C(=O)C1CSc3nccc(=O)n3C1)CC2. The van der Waals surface area contributed by atoms with E-state index >= 15 is 0 Å². The number of nitrogens with zero attached hydrogens (tertiary/aromatic N) is 3. The third-order valence-corrected chi connectivity index (χ3v) is 6.25. The molecule has 0 spiro atoms. The maximum atomic E-state index is 13.1. The molecular formula is C19H21N3O4S. The van der Waals surface area contributed by atoms with Gasteiger partial charge in [0.1, 0.15) is 0 Å². The average Bonchev–Trinajstić information content (AvgIpc) is 2.71. The summed E-state index contributed by atoms with van der Waals surface area (Å²) in [7, 11) is 3.23. The van der Waals surface area contributed by atoms with Crippen molar-refractivity contribution in [3.05, 3.63) is 45.9 Å². The first kappa shape index (κ1) is 17.9. The van der Waals surface area contributed by atoms with Crippen molar-refractivity contribution in [3.63, 3.8) is 0 Å². The first-order valence-electron chi connectivity index (χ1n) is 8.82. The second kappa shape index (κ2) is 7.26. The normalized spacial score (nSPS) is 18.4. The molecular weight excluding hydrogens is 366 g/mol. The highest BCUT2D eigenvalue weighted by atomic mass is 32.2. The number of hydrogen-bond donors (Lipinski definition) is 0. The van der Waals surface area contributed by atoms with Gasteiger partial charge in [0, 0.05) is 37.7 Å². The van der Waals surface area contributed by atoms with Crippen molar-refractivity contribution in [3.8, 4) is 11.5 Å². The number of methoxy groups -OCH3 is 2. The number of fused-ring (bicyclic) bond motifs is 2. The summed E-state index contributed by atoms with van der Waals surface area (Å²) in [6, 6.07) is 5.38. The van der Waals surface area contributed by atoms with Gasteiger partial charge in [0.05, 0.1) is 20.1 Å². The molecule has 2 aliphatic rings. The van der Waals surface area contributed by atoms with E-state index in [0.29, 0.717) is 42.0 Å². The highest BCUT2D eigenvalue weighted by molar-refractivity contribution is 7.99. The number of carbonyl (C=O) groups is 1. The summed E-state index contributed by atoms with van der Waals surface area (Å²) in [5.74, 6) is 1.90. The highest BCUT2D eigenvalue weighted by Crippen LogP contribution is 2.34. The fourth-order valence-corrected chi connectivity index (χ4v) is 4.68. The van der Waals surface area contributed by atoms with Crippen LogP contribution in [0.25, 0.3) is 0 Å². The minimum absolute atomic E-state index is 0.0873. The number of ether oxygens (including phenoxy) is 2. The molecule has 1 aromatic heterocycles. The first-order chi connectivity index (χ1) is 13.1. The molecule has 1 amide bonds. The summed E-state index contributed by atoms with van der Waals surface area (Å²) in [6.45, 7) is 1.60. The number of benzene rings is 1. The molecule has 1 atom stereocenters. The summed E-state index contributed by atoms with van der Waals surface area (Å²) < 4.78 is 12.4. The van der Waals surface area contributed by atoms with Gasteiger partial charge in [-0.3, -0.25) is 14.2 Å². The first-order valence-corrected chi connectivity index (χ1v) is 9.80. The molecule has 2 aromatic rings. The summed E-state index contributed by atoms with van der Waals surface area (Å²) in [4.78, 5) is 31.3. The van der Waals surface area contributed by atoms with Gasteiger partial charge < -0.3 is 14.4 Å². The lowest BCUT2D eigenvalue weighted by Crippen LogP contribution is -2.44. The fourth-order valence-electron chi connectivity index (χ4n) is 3.63. The second-order valence-electron chi connectivity index (χ2n) is 6.67. The van der Waals surface area contributed by atoms with Gasteiger partial charge in [-0.1, -0.05) is 11.8 Å². The highest BCUT2D eigenvalue weighted by Gasteiger charge is 2.31. The Morgan fingerprint density at radius 2 is 1.96 bits per heavy atom. The minimum atomic E-state index is -0.217. The Bertz CT molecular complexity index is 943. The van der Waals surface area contributed by atoms with E-state index in [0.717, 1.165) is 12.0 Å². The van der Waals surface area contributed by atoms with Crippen molar-refractivity contribution in [2.45, 2.75) is 24.7 Å². The Kier molecular flexibility index (Phi) is 4.82. The summed E-state index contributed by atoms with van der Waals surface area (Å²) in [5.41, 5.74) is 2.15. The van der Waals surface area contributed by atoms with Crippen molar-refractivity contribution in [1.82, 2.24) is 14.5 Å². The van der Waals surface area contributed by atoms with Crippen LogP contribution in [0.4, 0.5) is 0 Å². The van der Waals surface area contributed by atoms with Crippen molar-refractivity contribution in [2.75, 3.05) is 26.5 Å². The van der Waals surface area contributed by atoms with E-state index in [1.54, 1.807) is 18.8 Å². The molecule has 7 nitrogen and oxygen atoms in total. The zero-order valence-electron chi connectivity index (χ0n) is 15.3. The molecule has 3 heterocycles. The van der Waals surface area contributed by atoms with E-state index in [9.17, 15) is 9.59 Å². The van der Waals surface area contributed by atoms with Gasteiger partial charge >= 0.3 is 0 Å². The molecule has 0 fully saturated rings. The Morgan fingerprint density at radius 1 is 1.22 bits per heavy atom. The van der Waals surface area contributed by atoms with Crippen molar-refractivity contribution in [1.29, 1.82) is 0 Å². The van der Waals surface area contributed by atoms with Gasteiger partial charge in [0.2, 0.25) is 5.91 Å². The quantitative estimate of drug-likeness (QED) is 0.745.